The van der Waals surface area contributed by atoms with Crippen molar-refractivity contribution in [2.75, 3.05) is 0 Å². The van der Waals surface area contributed by atoms with Crippen molar-refractivity contribution >= 4 is 17.2 Å². The van der Waals surface area contributed by atoms with Crippen molar-refractivity contribution in [2.24, 2.45) is 0 Å². The predicted molar refractivity (Wildman–Crippen MR) is 84.4 cm³/mol. The minimum absolute atomic E-state index is 0.363. The number of fused-ring (bicyclic) bond motifs is 1. The molecule has 0 aliphatic carbocycles. The number of aromatic nitrogens is 2. The molecule has 1 aromatic carbocycles. The second-order valence-electron chi connectivity index (χ2n) is 5.55. The number of nitrogens with zero attached hydrogens (tertiary/aromatic N) is 2. The van der Waals surface area contributed by atoms with Crippen LogP contribution >= 0.6 is 0 Å². The average Bonchev–Trinajstić information content (AvgIpc) is 2.94. The molecule has 0 radical (unpaired) electrons. The molecule has 0 saturated heterocycles. The van der Waals surface area contributed by atoms with E-state index in [2.05, 4.69) is 4.98 Å². The van der Waals surface area contributed by atoms with Crippen LogP contribution in [0.15, 0.2) is 55.0 Å². The highest BCUT2D eigenvalue weighted by Crippen LogP contribution is 2.32. The number of aryl methyl sites for hydroxylation is 2. The lowest BCUT2D eigenvalue weighted by molar-refractivity contribution is -0.117. The Morgan fingerprint density at radius 3 is 2.68 bits per heavy atom. The Bertz CT molecular complexity index is 793. The standard InChI is InChI=1S/C18H17FN2O/c1-18(19,13-22)16-12-21(17-5-3-2-4-15(16)17)11-8-14-6-9-20-10-7-14/h2-7,9-10,12-13H,8,11H2,1H3. The molecule has 1 atom stereocenters. The maximum Gasteiger partial charge on any atom is 0.190 e. The van der Waals surface area contributed by atoms with Crippen molar-refractivity contribution in [2.45, 2.75) is 25.6 Å². The van der Waals surface area contributed by atoms with E-state index in [9.17, 15) is 9.18 Å². The van der Waals surface area contributed by atoms with Gasteiger partial charge in [-0.05, 0) is 37.1 Å². The number of benzene rings is 1. The monoisotopic (exact) mass is 296 g/mol. The van der Waals surface area contributed by atoms with E-state index >= 15 is 0 Å². The Balaban J connectivity index is 1.98. The second-order valence-corrected chi connectivity index (χ2v) is 5.55. The zero-order valence-electron chi connectivity index (χ0n) is 12.4. The number of carbonyl (C=O) groups is 1. The van der Waals surface area contributed by atoms with Gasteiger partial charge in [0.05, 0.1) is 0 Å². The fourth-order valence-electron chi connectivity index (χ4n) is 2.68. The van der Waals surface area contributed by atoms with E-state index in [0.717, 1.165) is 23.9 Å². The summed E-state index contributed by atoms with van der Waals surface area (Å²) < 4.78 is 16.5. The lowest BCUT2D eigenvalue weighted by atomic mass is 9.99. The molecule has 0 bridgehead atoms. The summed E-state index contributed by atoms with van der Waals surface area (Å²) in [5.41, 5.74) is 0.569. The molecular weight excluding hydrogens is 279 g/mol. The average molecular weight is 296 g/mol. The number of alkyl halides is 1. The van der Waals surface area contributed by atoms with E-state index in [1.54, 1.807) is 18.6 Å². The summed E-state index contributed by atoms with van der Waals surface area (Å²) in [7, 11) is 0. The van der Waals surface area contributed by atoms with Gasteiger partial charge in [-0.2, -0.15) is 0 Å². The van der Waals surface area contributed by atoms with Gasteiger partial charge in [-0.15, -0.1) is 0 Å². The van der Waals surface area contributed by atoms with Crippen LogP contribution in [0.1, 0.15) is 18.1 Å². The lowest BCUT2D eigenvalue weighted by Gasteiger charge is -2.11. The summed E-state index contributed by atoms with van der Waals surface area (Å²) in [6, 6.07) is 11.5. The highest BCUT2D eigenvalue weighted by atomic mass is 19.1. The van der Waals surface area contributed by atoms with Crippen molar-refractivity contribution in [3.8, 4) is 0 Å². The molecule has 4 heteroatoms. The van der Waals surface area contributed by atoms with Crippen molar-refractivity contribution < 1.29 is 9.18 Å². The van der Waals surface area contributed by atoms with Gasteiger partial charge in [0.15, 0.2) is 12.0 Å². The molecule has 3 aromatic rings. The van der Waals surface area contributed by atoms with Crippen LogP contribution < -0.4 is 0 Å². The number of para-hydroxylation sites is 1. The van der Waals surface area contributed by atoms with Gasteiger partial charge in [0.2, 0.25) is 0 Å². The molecule has 0 aliphatic rings. The van der Waals surface area contributed by atoms with Gasteiger partial charge in [-0.3, -0.25) is 9.78 Å². The third-order valence-corrected chi connectivity index (χ3v) is 3.93. The topological polar surface area (TPSA) is 34.9 Å². The van der Waals surface area contributed by atoms with Gasteiger partial charge in [0.1, 0.15) is 0 Å². The summed E-state index contributed by atoms with van der Waals surface area (Å²) in [5.74, 6) is 0. The molecular formula is C18H17FN2O. The van der Waals surface area contributed by atoms with Gasteiger partial charge >= 0.3 is 0 Å². The lowest BCUT2D eigenvalue weighted by Crippen LogP contribution is -2.16. The molecule has 0 saturated carbocycles. The Hall–Kier alpha value is -2.49. The van der Waals surface area contributed by atoms with Crippen LogP contribution in [0.3, 0.4) is 0 Å². The molecule has 22 heavy (non-hydrogen) atoms. The predicted octanol–water partition coefficient (Wildman–Crippen LogP) is 3.66. The first-order valence-corrected chi connectivity index (χ1v) is 7.24. The molecule has 112 valence electrons. The van der Waals surface area contributed by atoms with Crippen LogP contribution in [0.5, 0.6) is 0 Å². The summed E-state index contributed by atoms with van der Waals surface area (Å²) in [5, 5.41) is 0.786. The molecule has 0 amide bonds. The summed E-state index contributed by atoms with van der Waals surface area (Å²) in [6.45, 7) is 2.02. The fourth-order valence-corrected chi connectivity index (χ4v) is 2.68. The Labute approximate surface area is 128 Å². The summed E-state index contributed by atoms with van der Waals surface area (Å²) in [4.78, 5) is 15.1. The Morgan fingerprint density at radius 1 is 1.23 bits per heavy atom. The molecule has 2 heterocycles. The van der Waals surface area contributed by atoms with Crippen molar-refractivity contribution in [3.63, 3.8) is 0 Å². The van der Waals surface area contributed by atoms with Crippen LogP contribution in [0.4, 0.5) is 4.39 Å². The largest absolute Gasteiger partial charge is 0.347 e. The van der Waals surface area contributed by atoms with E-state index in [4.69, 9.17) is 0 Å². The number of aldehydes is 1. The first kappa shape index (κ1) is 14.4. The van der Waals surface area contributed by atoms with Gasteiger partial charge < -0.3 is 4.57 Å². The number of rotatable bonds is 5. The third-order valence-electron chi connectivity index (χ3n) is 3.93. The number of halogens is 1. The second kappa shape index (κ2) is 5.72. The van der Waals surface area contributed by atoms with Crippen molar-refractivity contribution in [3.05, 3.63) is 66.1 Å². The van der Waals surface area contributed by atoms with Crippen molar-refractivity contribution in [1.82, 2.24) is 9.55 Å². The quantitative estimate of drug-likeness (QED) is 0.673. The van der Waals surface area contributed by atoms with E-state index in [0.29, 0.717) is 11.8 Å². The zero-order valence-corrected chi connectivity index (χ0v) is 12.4. The van der Waals surface area contributed by atoms with E-state index in [1.807, 2.05) is 41.0 Å². The van der Waals surface area contributed by atoms with E-state index in [-0.39, 0.29) is 0 Å². The summed E-state index contributed by atoms with van der Waals surface area (Å²) in [6.07, 6.45) is 6.46. The van der Waals surface area contributed by atoms with E-state index in [1.165, 1.54) is 12.5 Å². The van der Waals surface area contributed by atoms with Crippen LogP contribution in [0, 0.1) is 0 Å². The van der Waals surface area contributed by atoms with E-state index < -0.39 is 5.67 Å². The van der Waals surface area contributed by atoms with Crippen LogP contribution in [0.25, 0.3) is 10.9 Å². The van der Waals surface area contributed by atoms with Crippen LogP contribution in [-0.2, 0) is 23.4 Å². The van der Waals surface area contributed by atoms with Gasteiger partial charge in [-0.25, -0.2) is 4.39 Å². The zero-order chi connectivity index (χ0) is 15.6. The minimum atomic E-state index is -1.97. The molecule has 3 rings (SSSR count). The molecule has 2 aromatic heterocycles. The van der Waals surface area contributed by atoms with Crippen LogP contribution in [-0.4, -0.2) is 15.8 Å². The molecule has 0 aliphatic heterocycles. The molecule has 0 fully saturated rings. The Kier molecular flexibility index (Phi) is 3.75. The third kappa shape index (κ3) is 2.64. The highest BCUT2D eigenvalue weighted by molar-refractivity contribution is 5.88. The maximum absolute atomic E-state index is 14.5. The SMILES string of the molecule is CC(F)(C=O)c1cn(CCc2ccncc2)c2ccccc12. The smallest absolute Gasteiger partial charge is 0.190 e. The molecule has 0 spiro atoms. The molecule has 0 N–H and O–H groups in total. The first-order valence-electron chi connectivity index (χ1n) is 7.24. The summed E-state index contributed by atoms with van der Waals surface area (Å²) >= 11 is 0. The molecule has 1 unspecified atom stereocenters. The number of carbonyl (C=O) groups excluding carboxylic acids is 1. The minimum Gasteiger partial charge on any atom is -0.347 e. The fraction of sp³-hybridized carbons (Fsp3) is 0.222. The highest BCUT2D eigenvalue weighted by Gasteiger charge is 2.29. The van der Waals surface area contributed by atoms with Crippen LogP contribution in [0.2, 0.25) is 0 Å². The number of hydrogen-bond acceptors (Lipinski definition) is 2. The van der Waals surface area contributed by atoms with Gasteiger partial charge in [-0.1, -0.05) is 18.2 Å². The molecule has 3 nitrogen and oxygen atoms in total. The number of pyridine rings is 1. The van der Waals surface area contributed by atoms with Crippen molar-refractivity contribution in [1.29, 1.82) is 0 Å². The first-order chi connectivity index (χ1) is 10.6. The Morgan fingerprint density at radius 2 is 1.95 bits per heavy atom. The normalized spacial score (nSPS) is 13.9. The maximum atomic E-state index is 14.5. The van der Waals surface area contributed by atoms with Gasteiger partial charge in [0, 0.05) is 41.6 Å². The number of hydrogen-bond donors (Lipinski definition) is 0. The van der Waals surface area contributed by atoms with Gasteiger partial charge in [0.25, 0.3) is 0 Å².